The number of pyridine rings is 1. The van der Waals surface area contributed by atoms with Gasteiger partial charge in [0.1, 0.15) is 11.5 Å². The van der Waals surface area contributed by atoms with E-state index in [2.05, 4.69) is 22.1 Å². The van der Waals surface area contributed by atoms with Crippen LogP contribution in [0.25, 0.3) is 0 Å². The minimum Gasteiger partial charge on any atom is -0.375 e. The summed E-state index contributed by atoms with van der Waals surface area (Å²) in [5, 5.41) is 14.1. The summed E-state index contributed by atoms with van der Waals surface area (Å²) < 4.78 is 48.6. The van der Waals surface area contributed by atoms with Gasteiger partial charge in [0.05, 0.1) is 9.82 Å². The number of halogens is 2. The zero-order chi connectivity index (χ0) is 21.9. The summed E-state index contributed by atoms with van der Waals surface area (Å²) in [4.78, 5) is 16.3. The van der Waals surface area contributed by atoms with Crippen molar-refractivity contribution in [3.63, 3.8) is 0 Å². The molecule has 8 nitrogen and oxygen atoms in total. The Morgan fingerprint density at radius 2 is 1.97 bits per heavy atom. The topological polar surface area (TPSA) is 105 Å². The second-order valence-electron chi connectivity index (χ2n) is 7.29. The molecule has 0 amide bonds. The fraction of sp³-hybridized carbons (Fsp3) is 0.421. The molecule has 1 N–H and O–H groups in total. The van der Waals surface area contributed by atoms with Gasteiger partial charge in [0.15, 0.2) is 0 Å². The standard InChI is InChI=1S/C19H22F2N4O4S/c1-13-6-8-24(9-7-13)18-5-2-14(12-23-18)11-22-16-4-3-15(10-17(16)25(26)27)30(28,29)19(20)21/h2-5,10,12-13,19,22H,6-9,11H2,1H3. The molecule has 1 saturated heterocycles. The maximum Gasteiger partial charge on any atom is 0.341 e. The van der Waals surface area contributed by atoms with E-state index in [0.717, 1.165) is 49.4 Å². The maximum absolute atomic E-state index is 12.7. The molecule has 0 spiro atoms. The average molecular weight is 440 g/mol. The third-order valence-electron chi connectivity index (χ3n) is 5.13. The number of benzene rings is 1. The normalized spacial score (nSPS) is 15.4. The van der Waals surface area contributed by atoms with Gasteiger partial charge in [-0.3, -0.25) is 10.1 Å². The van der Waals surface area contributed by atoms with Crippen LogP contribution >= 0.6 is 0 Å². The molecule has 2 aromatic rings. The molecule has 1 aliphatic rings. The van der Waals surface area contributed by atoms with Crippen LogP contribution in [0.5, 0.6) is 0 Å². The van der Waals surface area contributed by atoms with Crippen molar-refractivity contribution in [3.8, 4) is 0 Å². The predicted octanol–water partition coefficient (Wildman–Crippen LogP) is 3.83. The number of nitrogens with one attached hydrogen (secondary N) is 1. The Morgan fingerprint density at radius 1 is 1.27 bits per heavy atom. The van der Waals surface area contributed by atoms with Gasteiger partial charge in [-0.15, -0.1) is 0 Å². The summed E-state index contributed by atoms with van der Waals surface area (Å²) in [6.07, 6.45) is 3.90. The van der Waals surface area contributed by atoms with Crippen molar-refractivity contribution < 1.29 is 22.1 Å². The van der Waals surface area contributed by atoms with Crippen LogP contribution in [0.15, 0.2) is 41.4 Å². The molecule has 3 rings (SSSR count). The number of alkyl halides is 2. The maximum atomic E-state index is 12.7. The van der Waals surface area contributed by atoms with Gasteiger partial charge in [-0.1, -0.05) is 13.0 Å². The largest absolute Gasteiger partial charge is 0.375 e. The van der Waals surface area contributed by atoms with Crippen molar-refractivity contribution in [2.24, 2.45) is 5.92 Å². The van der Waals surface area contributed by atoms with E-state index in [0.29, 0.717) is 12.0 Å². The summed E-state index contributed by atoms with van der Waals surface area (Å²) in [5.41, 5.74) is 0.203. The summed E-state index contributed by atoms with van der Waals surface area (Å²) >= 11 is 0. The number of nitrogens with zero attached hydrogens (tertiary/aromatic N) is 3. The lowest BCUT2D eigenvalue weighted by Crippen LogP contribution is -2.33. The van der Waals surface area contributed by atoms with Gasteiger partial charge >= 0.3 is 5.76 Å². The Hall–Kier alpha value is -2.82. The lowest BCUT2D eigenvalue weighted by molar-refractivity contribution is -0.384. The van der Waals surface area contributed by atoms with Gasteiger partial charge in [0, 0.05) is 31.9 Å². The SMILES string of the molecule is CC1CCN(c2ccc(CNc3ccc(S(=O)(=O)C(F)F)cc3[N+](=O)[O-])cn2)CC1. The summed E-state index contributed by atoms with van der Waals surface area (Å²) in [6.45, 7) is 4.33. The third-order valence-corrected chi connectivity index (χ3v) is 6.51. The first-order valence-corrected chi connectivity index (χ1v) is 11.0. The van der Waals surface area contributed by atoms with E-state index in [1.807, 2.05) is 12.1 Å². The minimum atomic E-state index is -4.92. The fourth-order valence-corrected chi connectivity index (χ4v) is 3.97. The van der Waals surface area contributed by atoms with E-state index < -0.39 is 31.1 Å². The second-order valence-corrected chi connectivity index (χ2v) is 9.21. The van der Waals surface area contributed by atoms with Gasteiger partial charge in [-0.25, -0.2) is 13.4 Å². The fourth-order valence-electron chi connectivity index (χ4n) is 3.24. The van der Waals surface area contributed by atoms with Crippen LogP contribution in [0.2, 0.25) is 0 Å². The molecule has 0 bridgehead atoms. The zero-order valence-corrected chi connectivity index (χ0v) is 17.1. The van der Waals surface area contributed by atoms with Gasteiger partial charge < -0.3 is 10.2 Å². The zero-order valence-electron chi connectivity index (χ0n) is 16.3. The van der Waals surface area contributed by atoms with Crippen LogP contribution in [0.1, 0.15) is 25.3 Å². The minimum absolute atomic E-state index is 0.0299. The van der Waals surface area contributed by atoms with Crippen LogP contribution in [-0.2, 0) is 16.4 Å². The molecule has 1 aliphatic heterocycles. The highest BCUT2D eigenvalue weighted by atomic mass is 32.2. The first kappa shape index (κ1) is 21.9. The number of hydrogen-bond donors (Lipinski definition) is 1. The second kappa shape index (κ2) is 8.90. The van der Waals surface area contributed by atoms with Crippen molar-refractivity contribution >= 4 is 27.0 Å². The molecule has 30 heavy (non-hydrogen) atoms. The molecule has 0 unspecified atom stereocenters. The quantitative estimate of drug-likeness (QED) is 0.515. The van der Waals surface area contributed by atoms with Crippen LogP contribution in [0.3, 0.4) is 0 Å². The average Bonchev–Trinajstić information content (AvgIpc) is 2.73. The van der Waals surface area contributed by atoms with Crippen molar-refractivity contribution in [2.45, 2.75) is 37.0 Å². The van der Waals surface area contributed by atoms with E-state index in [1.165, 1.54) is 0 Å². The number of rotatable bonds is 7. The molecule has 11 heteroatoms. The lowest BCUT2D eigenvalue weighted by Gasteiger charge is -2.31. The van der Waals surface area contributed by atoms with Crippen LogP contribution in [0, 0.1) is 16.0 Å². The number of nitro benzene ring substituents is 1. The van der Waals surface area contributed by atoms with Crippen molar-refractivity contribution in [2.75, 3.05) is 23.3 Å². The number of piperidine rings is 1. The number of sulfone groups is 1. The Bertz CT molecular complexity index is 1010. The van der Waals surface area contributed by atoms with Gasteiger partial charge in [0.2, 0.25) is 9.84 Å². The van der Waals surface area contributed by atoms with Gasteiger partial charge in [-0.05, 0) is 42.5 Å². The van der Waals surface area contributed by atoms with Crippen molar-refractivity contribution in [1.29, 1.82) is 0 Å². The molecule has 0 radical (unpaired) electrons. The Balaban J connectivity index is 1.71. The van der Waals surface area contributed by atoms with Gasteiger partial charge in [0.25, 0.3) is 5.69 Å². The molecule has 2 heterocycles. The molecular weight excluding hydrogens is 418 g/mol. The van der Waals surface area contributed by atoms with Crippen molar-refractivity contribution in [1.82, 2.24) is 4.98 Å². The highest BCUT2D eigenvalue weighted by Crippen LogP contribution is 2.30. The van der Waals surface area contributed by atoms with Crippen LogP contribution in [0.4, 0.5) is 26.0 Å². The lowest BCUT2D eigenvalue weighted by atomic mass is 9.99. The molecule has 0 saturated carbocycles. The predicted molar refractivity (Wildman–Crippen MR) is 108 cm³/mol. The van der Waals surface area contributed by atoms with Gasteiger partial charge in [-0.2, -0.15) is 8.78 Å². The molecule has 1 fully saturated rings. The molecule has 1 aromatic heterocycles. The molecule has 0 aliphatic carbocycles. The summed E-state index contributed by atoms with van der Waals surface area (Å²) in [5.74, 6) is -2.07. The highest BCUT2D eigenvalue weighted by molar-refractivity contribution is 7.91. The summed E-state index contributed by atoms with van der Waals surface area (Å²) in [6, 6.07) is 6.43. The smallest absolute Gasteiger partial charge is 0.341 e. The summed E-state index contributed by atoms with van der Waals surface area (Å²) in [7, 11) is -4.92. The number of hydrogen-bond acceptors (Lipinski definition) is 7. The number of aromatic nitrogens is 1. The first-order chi connectivity index (χ1) is 14.2. The van der Waals surface area contributed by atoms with Crippen LogP contribution < -0.4 is 10.2 Å². The van der Waals surface area contributed by atoms with Crippen molar-refractivity contribution in [3.05, 3.63) is 52.2 Å². The monoisotopic (exact) mass is 440 g/mol. The Labute approximate surface area is 173 Å². The first-order valence-electron chi connectivity index (χ1n) is 9.42. The molecule has 162 valence electrons. The van der Waals surface area contributed by atoms with E-state index in [1.54, 1.807) is 6.20 Å². The Morgan fingerprint density at radius 3 is 2.53 bits per heavy atom. The van der Waals surface area contributed by atoms with E-state index >= 15 is 0 Å². The number of anilines is 2. The molecule has 0 atom stereocenters. The third kappa shape index (κ3) is 4.84. The van der Waals surface area contributed by atoms with E-state index in [9.17, 15) is 27.3 Å². The van der Waals surface area contributed by atoms with E-state index in [-0.39, 0.29) is 12.2 Å². The number of nitro groups is 1. The Kier molecular flexibility index (Phi) is 6.49. The highest BCUT2D eigenvalue weighted by Gasteiger charge is 2.29. The molecule has 1 aromatic carbocycles. The van der Waals surface area contributed by atoms with E-state index in [4.69, 9.17) is 0 Å². The van der Waals surface area contributed by atoms with Crippen LogP contribution in [-0.4, -0.2) is 37.2 Å². The molecular formula is C19H22F2N4O4S.